The summed E-state index contributed by atoms with van der Waals surface area (Å²) in [7, 11) is 1.51. The monoisotopic (exact) mass is 433 g/mol. The van der Waals surface area contributed by atoms with Gasteiger partial charge in [-0.05, 0) is 44.5 Å². The average Bonchev–Trinajstić information content (AvgIpc) is 3.40. The number of carbonyl (C=O) groups excluding carboxylic acids is 1. The lowest BCUT2D eigenvalue weighted by atomic mass is 10.1. The van der Waals surface area contributed by atoms with E-state index in [4.69, 9.17) is 29.9 Å². The normalized spacial score (nSPS) is 11.0. The summed E-state index contributed by atoms with van der Waals surface area (Å²) in [5.74, 6) is 1.62. The van der Waals surface area contributed by atoms with E-state index >= 15 is 0 Å². The fraction of sp³-hybridized carbons (Fsp3) is 0.381. The fourth-order valence-corrected chi connectivity index (χ4v) is 3.13. The van der Waals surface area contributed by atoms with Crippen molar-refractivity contribution in [3.05, 3.63) is 47.0 Å². The molecule has 0 bridgehead atoms. The number of halogens is 1. The lowest BCUT2D eigenvalue weighted by molar-refractivity contribution is 0.0728. The number of rotatable bonds is 9. The number of ether oxygens (including phenoxy) is 2. The molecular formula is C21H24ClN3O5. The SMILES string of the molecule is CCCN(Cc1nnc(-c2ccco2)o1)C(=O)c1cc(Cl)c(OC(C)C)c(OC)c1. The Labute approximate surface area is 179 Å². The van der Waals surface area contributed by atoms with Crippen LogP contribution < -0.4 is 9.47 Å². The number of benzene rings is 1. The highest BCUT2D eigenvalue weighted by Gasteiger charge is 2.23. The van der Waals surface area contributed by atoms with E-state index in [1.165, 1.54) is 13.4 Å². The van der Waals surface area contributed by atoms with Crippen LogP contribution >= 0.6 is 11.6 Å². The quantitative estimate of drug-likeness (QED) is 0.477. The molecule has 2 heterocycles. The molecule has 1 amide bonds. The van der Waals surface area contributed by atoms with Crippen molar-refractivity contribution in [3.8, 4) is 23.1 Å². The molecule has 0 saturated heterocycles. The molecule has 0 fully saturated rings. The van der Waals surface area contributed by atoms with E-state index in [2.05, 4.69) is 10.2 Å². The molecular weight excluding hydrogens is 410 g/mol. The van der Waals surface area contributed by atoms with Gasteiger partial charge in [0.1, 0.15) is 0 Å². The minimum absolute atomic E-state index is 0.0876. The summed E-state index contributed by atoms with van der Waals surface area (Å²) < 4.78 is 22.0. The molecule has 0 saturated carbocycles. The Bertz CT molecular complexity index is 985. The standard InChI is InChI=1S/C21H24ClN3O5/c1-5-8-25(12-18-23-24-20(30-18)16-7-6-9-28-16)21(26)14-10-15(22)19(29-13(2)3)17(11-14)27-4/h6-7,9-11,13H,5,8,12H2,1-4H3. The number of furan rings is 1. The molecule has 2 aromatic heterocycles. The van der Waals surface area contributed by atoms with E-state index in [-0.39, 0.29) is 24.4 Å². The fourth-order valence-electron chi connectivity index (χ4n) is 2.88. The summed E-state index contributed by atoms with van der Waals surface area (Å²) in [5.41, 5.74) is 0.382. The van der Waals surface area contributed by atoms with Crippen molar-refractivity contribution in [2.75, 3.05) is 13.7 Å². The number of nitrogens with zero attached hydrogens (tertiary/aromatic N) is 3. The lowest BCUT2D eigenvalue weighted by Gasteiger charge is -2.22. The zero-order valence-electron chi connectivity index (χ0n) is 17.3. The van der Waals surface area contributed by atoms with E-state index in [1.54, 1.807) is 29.2 Å². The molecule has 0 radical (unpaired) electrons. The molecule has 9 heteroatoms. The number of hydrogen-bond donors (Lipinski definition) is 0. The van der Waals surface area contributed by atoms with Gasteiger partial charge in [0, 0.05) is 12.1 Å². The van der Waals surface area contributed by atoms with E-state index in [9.17, 15) is 4.79 Å². The van der Waals surface area contributed by atoms with Crippen LogP contribution in [0.2, 0.25) is 5.02 Å². The maximum absolute atomic E-state index is 13.2. The number of hydrogen-bond acceptors (Lipinski definition) is 7. The van der Waals surface area contributed by atoms with Crippen molar-refractivity contribution in [3.63, 3.8) is 0 Å². The Balaban J connectivity index is 1.84. The molecule has 0 atom stereocenters. The summed E-state index contributed by atoms with van der Waals surface area (Å²) in [6, 6.07) is 6.66. The molecule has 1 aromatic carbocycles. The highest BCUT2D eigenvalue weighted by molar-refractivity contribution is 6.32. The maximum atomic E-state index is 13.2. The van der Waals surface area contributed by atoms with Crippen LogP contribution in [-0.2, 0) is 6.54 Å². The Hall–Kier alpha value is -3.00. The molecule has 3 aromatic rings. The zero-order chi connectivity index (χ0) is 21.7. The smallest absolute Gasteiger partial charge is 0.283 e. The first kappa shape index (κ1) is 21.7. The second-order valence-corrected chi connectivity index (χ2v) is 7.27. The van der Waals surface area contributed by atoms with Crippen LogP contribution in [0.1, 0.15) is 43.4 Å². The highest BCUT2D eigenvalue weighted by atomic mass is 35.5. The van der Waals surface area contributed by atoms with Crippen LogP contribution in [0.15, 0.2) is 39.4 Å². The summed E-state index contributed by atoms with van der Waals surface area (Å²) in [6.07, 6.45) is 2.19. The average molecular weight is 434 g/mol. The van der Waals surface area contributed by atoms with Gasteiger partial charge in [-0.2, -0.15) is 0 Å². The van der Waals surface area contributed by atoms with E-state index < -0.39 is 0 Å². The van der Waals surface area contributed by atoms with Crippen LogP contribution in [0.25, 0.3) is 11.7 Å². The lowest BCUT2D eigenvalue weighted by Crippen LogP contribution is -2.31. The Morgan fingerprint density at radius 1 is 1.30 bits per heavy atom. The summed E-state index contributed by atoms with van der Waals surface area (Å²) in [5, 5.41) is 8.31. The van der Waals surface area contributed by atoms with Crippen molar-refractivity contribution in [2.45, 2.75) is 39.8 Å². The molecule has 8 nitrogen and oxygen atoms in total. The second-order valence-electron chi connectivity index (χ2n) is 6.86. The van der Waals surface area contributed by atoms with Gasteiger partial charge in [0.05, 0.1) is 31.0 Å². The zero-order valence-corrected chi connectivity index (χ0v) is 18.1. The third kappa shape index (κ3) is 4.94. The molecule has 0 aliphatic rings. The molecule has 0 aliphatic carbocycles. The number of amides is 1. The summed E-state index contributed by atoms with van der Waals surface area (Å²) in [4.78, 5) is 14.8. The molecule has 160 valence electrons. The molecule has 0 aliphatic heterocycles. The number of methoxy groups -OCH3 is 1. The molecule has 30 heavy (non-hydrogen) atoms. The number of aromatic nitrogens is 2. The van der Waals surface area contributed by atoms with Crippen molar-refractivity contribution in [1.82, 2.24) is 15.1 Å². The third-order valence-electron chi connectivity index (χ3n) is 4.14. The topological polar surface area (TPSA) is 90.8 Å². The van der Waals surface area contributed by atoms with Crippen LogP contribution in [-0.4, -0.2) is 40.8 Å². The van der Waals surface area contributed by atoms with E-state index in [0.717, 1.165) is 6.42 Å². The maximum Gasteiger partial charge on any atom is 0.283 e. The van der Waals surface area contributed by atoms with Gasteiger partial charge in [-0.15, -0.1) is 10.2 Å². The van der Waals surface area contributed by atoms with Crippen LogP contribution in [0, 0.1) is 0 Å². The Morgan fingerprint density at radius 3 is 2.73 bits per heavy atom. The third-order valence-corrected chi connectivity index (χ3v) is 4.42. The van der Waals surface area contributed by atoms with Crippen molar-refractivity contribution in [2.24, 2.45) is 0 Å². The van der Waals surface area contributed by atoms with Crippen LogP contribution in [0.5, 0.6) is 11.5 Å². The van der Waals surface area contributed by atoms with Crippen molar-refractivity contribution in [1.29, 1.82) is 0 Å². The molecule has 3 rings (SSSR count). The van der Waals surface area contributed by atoms with Crippen molar-refractivity contribution < 1.29 is 23.1 Å². The molecule has 0 unspecified atom stereocenters. The molecule has 0 N–H and O–H groups in total. The van der Waals surface area contributed by atoms with Gasteiger partial charge in [0.25, 0.3) is 11.8 Å². The Morgan fingerprint density at radius 2 is 2.10 bits per heavy atom. The van der Waals surface area contributed by atoms with Gasteiger partial charge in [-0.3, -0.25) is 4.79 Å². The first-order chi connectivity index (χ1) is 14.4. The number of carbonyl (C=O) groups is 1. The minimum atomic E-state index is -0.231. The van der Waals surface area contributed by atoms with Gasteiger partial charge in [-0.1, -0.05) is 18.5 Å². The first-order valence-electron chi connectivity index (χ1n) is 9.62. The molecule has 0 spiro atoms. The summed E-state index contributed by atoms with van der Waals surface area (Å²) >= 11 is 6.38. The van der Waals surface area contributed by atoms with Gasteiger partial charge in [-0.25, -0.2) is 0 Å². The van der Waals surface area contributed by atoms with Crippen LogP contribution in [0.3, 0.4) is 0 Å². The van der Waals surface area contributed by atoms with E-state index in [1.807, 2.05) is 20.8 Å². The van der Waals surface area contributed by atoms with Gasteiger partial charge >= 0.3 is 0 Å². The van der Waals surface area contributed by atoms with Gasteiger partial charge in [0.15, 0.2) is 17.3 Å². The predicted octanol–water partition coefficient (Wildman–Crippen LogP) is 4.83. The highest BCUT2D eigenvalue weighted by Crippen LogP contribution is 2.37. The van der Waals surface area contributed by atoms with Gasteiger partial charge in [0.2, 0.25) is 5.89 Å². The minimum Gasteiger partial charge on any atom is -0.493 e. The summed E-state index contributed by atoms with van der Waals surface area (Å²) in [6.45, 7) is 6.42. The van der Waals surface area contributed by atoms with E-state index in [0.29, 0.717) is 40.3 Å². The van der Waals surface area contributed by atoms with Gasteiger partial charge < -0.3 is 23.2 Å². The Kier molecular flexibility index (Phi) is 6.99. The first-order valence-corrected chi connectivity index (χ1v) is 10.0. The largest absolute Gasteiger partial charge is 0.493 e. The second kappa shape index (κ2) is 9.67. The predicted molar refractivity (Wildman–Crippen MR) is 111 cm³/mol. The van der Waals surface area contributed by atoms with Crippen LogP contribution in [0.4, 0.5) is 0 Å². The van der Waals surface area contributed by atoms with Crippen molar-refractivity contribution >= 4 is 17.5 Å².